The lowest BCUT2D eigenvalue weighted by Gasteiger charge is -2.31. The maximum atomic E-state index is 16.7. The zero-order chi connectivity index (χ0) is 29.3. The number of likely N-dealkylation sites (N-methyl/N-ethyl adjacent to an activating group) is 1. The topological polar surface area (TPSA) is 101 Å². The van der Waals surface area contributed by atoms with Crippen LogP contribution in [0.2, 0.25) is 0 Å². The number of anilines is 2. The fourth-order valence-electron chi connectivity index (χ4n) is 6.93. The molecule has 3 aliphatic heterocycles. The molecule has 2 aromatic heterocycles. The van der Waals surface area contributed by atoms with E-state index >= 15 is 4.39 Å². The lowest BCUT2D eigenvalue weighted by atomic mass is 9.95. The van der Waals surface area contributed by atoms with Crippen molar-refractivity contribution in [3.63, 3.8) is 0 Å². The number of ether oxygens (including phenoxy) is 2. The molecular formula is C30H29F3N6O2S. The number of nitriles is 1. The SMILES string of the molecule is CCN1c2nc(OC[C@@]34CCCN3C[C@H](F)C4)nc3c(F)c(-c4ccc(F)c5sc(N)c(C#N)c45)cc(c23)OC[C@@H]1C. The summed E-state index contributed by atoms with van der Waals surface area (Å²) in [7, 11) is 0. The van der Waals surface area contributed by atoms with Gasteiger partial charge in [-0.15, -0.1) is 11.3 Å². The highest BCUT2D eigenvalue weighted by molar-refractivity contribution is 7.23. The minimum Gasteiger partial charge on any atom is -0.491 e. The van der Waals surface area contributed by atoms with Crippen LogP contribution >= 0.6 is 11.3 Å². The Morgan fingerprint density at radius 1 is 1.26 bits per heavy atom. The van der Waals surface area contributed by atoms with Gasteiger partial charge in [-0.05, 0) is 50.9 Å². The number of nitrogens with two attached hydrogens (primary N) is 1. The molecule has 7 rings (SSSR count). The molecule has 2 aromatic carbocycles. The minimum atomic E-state index is -0.913. The van der Waals surface area contributed by atoms with E-state index in [9.17, 15) is 14.0 Å². The van der Waals surface area contributed by atoms with Crippen LogP contribution in [-0.2, 0) is 0 Å². The second kappa shape index (κ2) is 9.88. The summed E-state index contributed by atoms with van der Waals surface area (Å²) in [5.74, 6) is -0.358. The lowest BCUT2D eigenvalue weighted by Crippen LogP contribution is -2.43. The molecule has 0 spiro atoms. The van der Waals surface area contributed by atoms with Gasteiger partial charge in [-0.3, -0.25) is 4.90 Å². The van der Waals surface area contributed by atoms with Gasteiger partial charge in [-0.2, -0.15) is 15.2 Å². The quantitative estimate of drug-likeness (QED) is 0.309. The lowest BCUT2D eigenvalue weighted by molar-refractivity contribution is 0.107. The first-order valence-corrected chi connectivity index (χ1v) is 14.9. The number of fused-ring (bicyclic) bond motifs is 2. The van der Waals surface area contributed by atoms with Gasteiger partial charge in [0.2, 0.25) is 0 Å². The molecule has 0 radical (unpaired) electrons. The molecule has 3 atom stereocenters. The number of benzene rings is 2. The van der Waals surface area contributed by atoms with Crippen LogP contribution in [0.1, 0.15) is 38.7 Å². The van der Waals surface area contributed by atoms with Gasteiger partial charge in [-0.25, -0.2) is 13.2 Å². The molecular weight excluding hydrogens is 565 g/mol. The number of nitrogen functional groups attached to an aromatic ring is 1. The van der Waals surface area contributed by atoms with Crippen LogP contribution in [-0.4, -0.2) is 65.5 Å². The monoisotopic (exact) mass is 594 g/mol. The van der Waals surface area contributed by atoms with Crippen molar-refractivity contribution < 1.29 is 22.6 Å². The molecule has 42 heavy (non-hydrogen) atoms. The standard InChI is InChI=1S/C30H29F3N6O2S/c1-3-39-15(2)13-40-21-9-18(17-5-6-20(32)26-22(17)19(11-34)27(35)42-26)24(33)25-23(21)28(39)37-29(36-25)41-14-30-7-4-8-38(30)12-16(31)10-30/h5-6,9,15-16H,3-4,7-8,10,12-14,35H2,1-2H3/t15-,16+,30-/m0/s1. The van der Waals surface area contributed by atoms with Crippen molar-refractivity contribution in [3.8, 4) is 29.0 Å². The van der Waals surface area contributed by atoms with E-state index < -0.39 is 23.3 Å². The van der Waals surface area contributed by atoms with Crippen LogP contribution in [0, 0.1) is 23.0 Å². The van der Waals surface area contributed by atoms with E-state index in [1.165, 1.54) is 12.1 Å². The average Bonchev–Trinajstić information content (AvgIpc) is 3.58. The molecule has 0 bridgehead atoms. The van der Waals surface area contributed by atoms with Crippen molar-refractivity contribution in [2.75, 3.05) is 43.5 Å². The summed E-state index contributed by atoms with van der Waals surface area (Å²) >= 11 is 0.950. The molecule has 4 aromatic rings. The molecule has 218 valence electrons. The molecule has 12 heteroatoms. The van der Waals surface area contributed by atoms with Crippen molar-refractivity contribution in [1.82, 2.24) is 14.9 Å². The number of hydrogen-bond acceptors (Lipinski definition) is 9. The highest BCUT2D eigenvalue weighted by atomic mass is 32.1. The highest BCUT2D eigenvalue weighted by Crippen LogP contribution is 2.47. The second-order valence-corrected chi connectivity index (χ2v) is 12.4. The van der Waals surface area contributed by atoms with Gasteiger partial charge in [0.25, 0.3) is 0 Å². The predicted octanol–water partition coefficient (Wildman–Crippen LogP) is 5.81. The summed E-state index contributed by atoms with van der Waals surface area (Å²) in [6.45, 7) is 6.27. The van der Waals surface area contributed by atoms with Gasteiger partial charge < -0.3 is 20.1 Å². The minimum absolute atomic E-state index is 0.00247. The van der Waals surface area contributed by atoms with E-state index in [4.69, 9.17) is 20.2 Å². The number of alkyl halides is 1. The molecule has 0 amide bonds. The van der Waals surface area contributed by atoms with Gasteiger partial charge in [-0.1, -0.05) is 6.07 Å². The average molecular weight is 595 g/mol. The van der Waals surface area contributed by atoms with Crippen LogP contribution in [0.5, 0.6) is 11.8 Å². The van der Waals surface area contributed by atoms with E-state index in [2.05, 4.69) is 9.88 Å². The summed E-state index contributed by atoms with van der Waals surface area (Å²) in [5, 5.41) is 10.6. The van der Waals surface area contributed by atoms with E-state index in [1.54, 1.807) is 6.07 Å². The van der Waals surface area contributed by atoms with Crippen molar-refractivity contribution in [1.29, 1.82) is 5.26 Å². The van der Waals surface area contributed by atoms with E-state index in [1.807, 2.05) is 24.8 Å². The third-order valence-electron chi connectivity index (χ3n) is 8.91. The van der Waals surface area contributed by atoms with Crippen molar-refractivity contribution in [2.24, 2.45) is 0 Å². The third kappa shape index (κ3) is 3.97. The zero-order valence-electron chi connectivity index (χ0n) is 23.2. The first-order chi connectivity index (χ1) is 20.2. The fourth-order valence-corrected chi connectivity index (χ4v) is 7.88. The van der Waals surface area contributed by atoms with Crippen molar-refractivity contribution in [2.45, 2.75) is 50.9 Å². The smallest absolute Gasteiger partial charge is 0.319 e. The van der Waals surface area contributed by atoms with Crippen LogP contribution in [0.25, 0.3) is 32.1 Å². The molecule has 2 fully saturated rings. The molecule has 0 unspecified atom stereocenters. The number of halogens is 3. The van der Waals surface area contributed by atoms with Gasteiger partial charge in [0.15, 0.2) is 5.82 Å². The number of nitrogens with zero attached hydrogens (tertiary/aromatic N) is 5. The molecule has 3 aliphatic rings. The van der Waals surface area contributed by atoms with Crippen LogP contribution in [0.15, 0.2) is 18.2 Å². The highest BCUT2D eigenvalue weighted by Gasteiger charge is 2.49. The number of hydrogen-bond donors (Lipinski definition) is 1. The number of rotatable bonds is 5. The van der Waals surface area contributed by atoms with E-state index in [-0.39, 0.29) is 50.4 Å². The van der Waals surface area contributed by atoms with Crippen LogP contribution in [0.3, 0.4) is 0 Å². The van der Waals surface area contributed by atoms with E-state index in [0.717, 1.165) is 30.7 Å². The first-order valence-electron chi connectivity index (χ1n) is 14.1. The molecule has 0 aliphatic carbocycles. The maximum absolute atomic E-state index is 16.7. The van der Waals surface area contributed by atoms with Crippen molar-refractivity contribution in [3.05, 3.63) is 35.4 Å². The Bertz CT molecular complexity index is 1790. The van der Waals surface area contributed by atoms with Crippen molar-refractivity contribution >= 4 is 43.1 Å². The summed E-state index contributed by atoms with van der Waals surface area (Å²) in [6.07, 6.45) is 1.25. The summed E-state index contributed by atoms with van der Waals surface area (Å²) in [4.78, 5) is 13.4. The van der Waals surface area contributed by atoms with Gasteiger partial charge >= 0.3 is 6.01 Å². The largest absolute Gasteiger partial charge is 0.491 e. The molecule has 0 saturated carbocycles. The summed E-state index contributed by atoms with van der Waals surface area (Å²) in [5.41, 5.74) is 6.12. The predicted molar refractivity (Wildman–Crippen MR) is 156 cm³/mol. The van der Waals surface area contributed by atoms with Crippen LogP contribution in [0.4, 0.5) is 24.0 Å². The summed E-state index contributed by atoms with van der Waals surface area (Å²) < 4.78 is 58.4. The second-order valence-electron chi connectivity index (χ2n) is 11.4. The van der Waals surface area contributed by atoms with Gasteiger partial charge in [0.05, 0.1) is 27.2 Å². The zero-order valence-corrected chi connectivity index (χ0v) is 24.0. The third-order valence-corrected chi connectivity index (χ3v) is 9.94. The van der Waals surface area contributed by atoms with Gasteiger partial charge in [0.1, 0.15) is 53.4 Å². The number of thiophene rings is 1. The number of aromatic nitrogens is 2. The van der Waals surface area contributed by atoms with E-state index in [0.29, 0.717) is 48.6 Å². The Kier molecular flexibility index (Phi) is 6.36. The molecule has 5 heterocycles. The molecule has 8 nitrogen and oxygen atoms in total. The normalized spacial score (nSPS) is 23.7. The Balaban J connectivity index is 1.42. The fraction of sp³-hybridized carbons (Fsp3) is 0.433. The molecule has 2 saturated heterocycles. The Hall–Kier alpha value is -3.82. The maximum Gasteiger partial charge on any atom is 0.319 e. The Morgan fingerprint density at radius 3 is 2.88 bits per heavy atom. The Labute approximate surface area is 244 Å². The first kappa shape index (κ1) is 27.0. The summed E-state index contributed by atoms with van der Waals surface area (Å²) in [6, 6.07) is 6.20. The Morgan fingerprint density at radius 2 is 2.10 bits per heavy atom. The molecule has 2 N–H and O–H groups in total. The van der Waals surface area contributed by atoms with Crippen LogP contribution < -0.4 is 20.1 Å². The van der Waals surface area contributed by atoms with Gasteiger partial charge in [0, 0.05) is 30.5 Å².